The van der Waals surface area contributed by atoms with Crippen molar-refractivity contribution < 1.29 is 14.3 Å². The summed E-state index contributed by atoms with van der Waals surface area (Å²) in [4.78, 5) is 24.6. The third-order valence-electron chi connectivity index (χ3n) is 9.94. The van der Waals surface area contributed by atoms with E-state index in [9.17, 15) is 9.59 Å². The van der Waals surface area contributed by atoms with Crippen molar-refractivity contribution in [3.8, 4) is 0 Å². The van der Waals surface area contributed by atoms with Gasteiger partial charge in [0.15, 0.2) is 0 Å². The first-order chi connectivity index (χ1) is 15.0. The van der Waals surface area contributed by atoms with Gasteiger partial charge >= 0.3 is 5.97 Å². The summed E-state index contributed by atoms with van der Waals surface area (Å²) in [5.41, 5.74) is 0.189. The van der Waals surface area contributed by atoms with Crippen LogP contribution in [0.4, 0.5) is 0 Å². The molecular formula is C28H46O3. The molecule has 4 fully saturated rings. The predicted molar refractivity (Wildman–Crippen MR) is 125 cm³/mol. The Hall–Kier alpha value is -0.860. The molecule has 0 heterocycles. The minimum atomic E-state index is 0.0528. The van der Waals surface area contributed by atoms with E-state index in [1.54, 1.807) is 0 Å². The van der Waals surface area contributed by atoms with Crippen LogP contribution in [0.5, 0.6) is 0 Å². The van der Waals surface area contributed by atoms with Gasteiger partial charge < -0.3 is 4.74 Å². The number of fused-ring (bicyclic) bond motifs is 5. The monoisotopic (exact) mass is 430 g/mol. The van der Waals surface area contributed by atoms with Crippen LogP contribution in [-0.4, -0.2) is 17.9 Å². The van der Waals surface area contributed by atoms with E-state index in [0.717, 1.165) is 62.2 Å². The summed E-state index contributed by atoms with van der Waals surface area (Å²) in [6, 6.07) is 0. The van der Waals surface area contributed by atoms with Crippen LogP contribution < -0.4 is 0 Å². The van der Waals surface area contributed by atoms with E-state index in [0.29, 0.717) is 18.1 Å². The molecule has 31 heavy (non-hydrogen) atoms. The largest absolute Gasteiger partial charge is 0.462 e. The Morgan fingerprint density at radius 3 is 2.48 bits per heavy atom. The van der Waals surface area contributed by atoms with Crippen LogP contribution in [0.25, 0.3) is 0 Å². The summed E-state index contributed by atoms with van der Waals surface area (Å²) in [5.74, 6) is 4.38. The molecule has 3 nitrogen and oxygen atoms in total. The van der Waals surface area contributed by atoms with E-state index in [1.165, 1.54) is 64.2 Å². The van der Waals surface area contributed by atoms with Gasteiger partial charge in [0.1, 0.15) is 11.9 Å². The van der Waals surface area contributed by atoms with E-state index in [1.807, 2.05) is 0 Å². The minimum absolute atomic E-state index is 0.0528. The molecule has 4 rings (SSSR count). The fraction of sp³-hybridized carbons (Fsp3) is 0.929. The average molecular weight is 431 g/mol. The van der Waals surface area contributed by atoms with Crippen LogP contribution in [0, 0.1) is 35.0 Å². The third kappa shape index (κ3) is 5.06. The molecule has 0 aliphatic heterocycles. The van der Waals surface area contributed by atoms with E-state index in [2.05, 4.69) is 13.8 Å². The molecule has 176 valence electrons. The minimum Gasteiger partial charge on any atom is -0.462 e. The molecule has 4 saturated carbocycles. The number of carbonyl (C=O) groups is 2. The zero-order chi connectivity index (χ0) is 21.8. The Morgan fingerprint density at radius 1 is 0.903 bits per heavy atom. The lowest BCUT2D eigenvalue weighted by molar-refractivity contribution is -0.160. The number of ketones is 1. The first-order valence-electron chi connectivity index (χ1n) is 13.7. The Balaban J connectivity index is 1.26. The highest BCUT2D eigenvalue weighted by Crippen LogP contribution is 2.62. The molecule has 0 aromatic carbocycles. The van der Waals surface area contributed by atoms with E-state index >= 15 is 0 Å². The highest BCUT2D eigenvalue weighted by Gasteiger charge is 2.58. The van der Waals surface area contributed by atoms with Crippen molar-refractivity contribution in [2.75, 3.05) is 0 Å². The fourth-order valence-corrected chi connectivity index (χ4v) is 8.25. The molecule has 3 heteroatoms. The third-order valence-corrected chi connectivity index (χ3v) is 9.94. The summed E-state index contributed by atoms with van der Waals surface area (Å²) in [5, 5.41) is 0. The Labute approximate surface area is 190 Å². The molecule has 0 saturated heterocycles. The van der Waals surface area contributed by atoms with Crippen molar-refractivity contribution in [1.29, 1.82) is 0 Å². The number of hydrogen-bond donors (Lipinski definition) is 0. The van der Waals surface area contributed by atoms with Crippen molar-refractivity contribution >= 4 is 11.8 Å². The second kappa shape index (κ2) is 10.4. The molecular weight excluding hydrogens is 384 g/mol. The maximum atomic E-state index is 12.6. The number of rotatable bonds is 9. The van der Waals surface area contributed by atoms with Crippen LogP contribution in [0.1, 0.15) is 123 Å². The van der Waals surface area contributed by atoms with Crippen LogP contribution in [0.2, 0.25) is 0 Å². The van der Waals surface area contributed by atoms with Crippen molar-refractivity contribution in [3.05, 3.63) is 0 Å². The van der Waals surface area contributed by atoms with Gasteiger partial charge in [0.25, 0.3) is 0 Å². The normalized spacial score (nSPS) is 39.5. The number of hydrogen-bond acceptors (Lipinski definition) is 3. The van der Waals surface area contributed by atoms with Crippen LogP contribution in [0.15, 0.2) is 0 Å². The molecule has 0 spiro atoms. The highest BCUT2D eigenvalue weighted by atomic mass is 16.5. The lowest BCUT2D eigenvalue weighted by atomic mass is 9.50. The van der Waals surface area contributed by atoms with Crippen molar-refractivity contribution in [1.82, 2.24) is 0 Å². The number of unbranched alkanes of at least 4 members (excludes halogenated alkanes) is 6. The topological polar surface area (TPSA) is 43.4 Å². The smallest absolute Gasteiger partial charge is 0.306 e. The van der Waals surface area contributed by atoms with Crippen LogP contribution >= 0.6 is 0 Å². The zero-order valence-corrected chi connectivity index (χ0v) is 20.2. The molecule has 0 aromatic heterocycles. The van der Waals surface area contributed by atoms with Crippen LogP contribution in [-0.2, 0) is 14.3 Å². The second-order valence-corrected chi connectivity index (χ2v) is 11.7. The van der Waals surface area contributed by atoms with Crippen LogP contribution in [0.3, 0.4) is 0 Å². The maximum Gasteiger partial charge on any atom is 0.306 e. The lowest BCUT2D eigenvalue weighted by Gasteiger charge is -2.55. The molecule has 0 radical (unpaired) electrons. The van der Waals surface area contributed by atoms with E-state index in [-0.39, 0.29) is 17.5 Å². The molecule has 0 N–H and O–H groups in total. The van der Waals surface area contributed by atoms with Crippen molar-refractivity contribution in [2.24, 2.45) is 35.0 Å². The fourth-order valence-electron chi connectivity index (χ4n) is 8.25. The summed E-state index contributed by atoms with van der Waals surface area (Å²) in [7, 11) is 0. The van der Waals surface area contributed by atoms with Gasteiger partial charge in [-0.05, 0) is 81.0 Å². The van der Waals surface area contributed by atoms with Crippen molar-refractivity contribution in [3.63, 3.8) is 0 Å². The first-order valence-corrected chi connectivity index (χ1v) is 13.7. The summed E-state index contributed by atoms with van der Waals surface area (Å²) in [6.07, 6.45) is 19.6. The first kappa shape index (κ1) is 23.3. The van der Waals surface area contributed by atoms with Gasteiger partial charge in [-0.1, -0.05) is 52.4 Å². The number of esters is 1. The number of ether oxygens (including phenoxy) is 1. The van der Waals surface area contributed by atoms with E-state index < -0.39 is 0 Å². The number of Topliss-reactive ketones (excluding diaryl/α,β-unsaturated/α-hetero) is 1. The predicted octanol–water partition coefficient (Wildman–Crippen LogP) is 7.26. The SMILES string of the molecule is CCCCCCCCCC(=O)OC1CC[C@H]2[C@@H]3CC[C@H]4CC(=O)CC[C@@H]4[C@H]3CC[C@]12C. The summed E-state index contributed by atoms with van der Waals surface area (Å²) >= 11 is 0. The Kier molecular flexibility index (Phi) is 7.81. The number of carbonyl (C=O) groups excluding carboxylic acids is 2. The standard InChI is InChI=1S/C28H46O3/c1-3-4-5-6-7-8-9-10-27(30)31-26-16-15-25-24-13-11-20-19-21(29)12-14-22(20)23(24)17-18-28(25,26)2/h20,22-26H,3-19H2,1-2H3/t20-,22-,23+,24+,25-,26?,28-/m0/s1. The molecule has 4 aliphatic rings. The van der Waals surface area contributed by atoms with Gasteiger partial charge in [0.2, 0.25) is 0 Å². The Morgan fingerprint density at radius 2 is 1.68 bits per heavy atom. The van der Waals surface area contributed by atoms with Gasteiger partial charge in [0.05, 0.1) is 0 Å². The molecule has 1 unspecified atom stereocenters. The molecule has 4 aliphatic carbocycles. The van der Waals surface area contributed by atoms with Gasteiger partial charge in [-0.2, -0.15) is 0 Å². The molecule has 7 atom stereocenters. The zero-order valence-electron chi connectivity index (χ0n) is 20.2. The van der Waals surface area contributed by atoms with Crippen molar-refractivity contribution in [2.45, 2.75) is 129 Å². The quantitative estimate of drug-likeness (QED) is 0.285. The Bertz CT molecular complexity index is 628. The maximum absolute atomic E-state index is 12.6. The average Bonchev–Trinajstić information content (AvgIpc) is 3.09. The van der Waals surface area contributed by atoms with Gasteiger partial charge in [-0.3, -0.25) is 9.59 Å². The van der Waals surface area contributed by atoms with Gasteiger partial charge in [0, 0.05) is 24.7 Å². The van der Waals surface area contributed by atoms with Gasteiger partial charge in [-0.25, -0.2) is 0 Å². The van der Waals surface area contributed by atoms with Gasteiger partial charge in [-0.15, -0.1) is 0 Å². The highest BCUT2D eigenvalue weighted by molar-refractivity contribution is 5.79. The second-order valence-electron chi connectivity index (χ2n) is 11.7. The molecule has 0 bridgehead atoms. The summed E-state index contributed by atoms with van der Waals surface area (Å²) in [6.45, 7) is 4.68. The van der Waals surface area contributed by atoms with E-state index in [4.69, 9.17) is 4.74 Å². The summed E-state index contributed by atoms with van der Waals surface area (Å²) < 4.78 is 6.15. The lowest BCUT2D eigenvalue weighted by Crippen LogP contribution is -2.50. The molecule has 0 aromatic rings. The molecule has 0 amide bonds.